The van der Waals surface area contributed by atoms with Crippen molar-refractivity contribution in [3.05, 3.63) is 12.2 Å². The van der Waals surface area contributed by atoms with E-state index in [0.717, 1.165) is 25.9 Å². The molecule has 4 nitrogen and oxygen atoms in total. The number of fused-ring (bicyclic) bond motifs is 2. The lowest BCUT2D eigenvalue weighted by molar-refractivity contribution is -0.131. The van der Waals surface area contributed by atoms with Crippen molar-refractivity contribution < 1.29 is 14.6 Å². The summed E-state index contributed by atoms with van der Waals surface area (Å²) in [7, 11) is 0. The summed E-state index contributed by atoms with van der Waals surface area (Å²) in [5.74, 6) is 0.543. The van der Waals surface area contributed by atoms with Crippen LogP contribution in [0.15, 0.2) is 12.2 Å². The van der Waals surface area contributed by atoms with Crippen molar-refractivity contribution >= 4 is 5.97 Å². The summed E-state index contributed by atoms with van der Waals surface area (Å²) >= 11 is 0. The van der Waals surface area contributed by atoms with Crippen molar-refractivity contribution in [3.63, 3.8) is 0 Å². The van der Waals surface area contributed by atoms with Gasteiger partial charge in [-0.3, -0.25) is 0 Å². The number of aliphatic carboxylic acids is 1. The van der Waals surface area contributed by atoms with E-state index in [9.17, 15) is 4.79 Å². The third-order valence-electron chi connectivity index (χ3n) is 5.60. The zero-order valence-electron chi connectivity index (χ0n) is 15.2. The van der Waals surface area contributed by atoms with E-state index in [1.54, 1.807) is 6.08 Å². The first-order chi connectivity index (χ1) is 11.7. The summed E-state index contributed by atoms with van der Waals surface area (Å²) in [5.41, 5.74) is 0. The lowest BCUT2D eigenvalue weighted by Crippen LogP contribution is -2.36. The zero-order chi connectivity index (χ0) is 17.2. The molecule has 0 amide bonds. The van der Waals surface area contributed by atoms with Crippen LogP contribution in [0.3, 0.4) is 0 Å². The van der Waals surface area contributed by atoms with Crippen LogP contribution < -0.4 is 5.32 Å². The van der Waals surface area contributed by atoms with Gasteiger partial charge in [-0.05, 0) is 51.0 Å². The quantitative estimate of drug-likeness (QED) is 0.391. The second kappa shape index (κ2) is 10.9. The number of carboxylic acid groups (broad SMARTS) is 1. The Morgan fingerprint density at radius 1 is 1.12 bits per heavy atom. The van der Waals surface area contributed by atoms with Gasteiger partial charge in [0.15, 0.2) is 0 Å². The van der Waals surface area contributed by atoms with Crippen LogP contribution in [0.25, 0.3) is 0 Å². The average Bonchev–Trinajstić information content (AvgIpc) is 3.15. The van der Waals surface area contributed by atoms with Crippen LogP contribution in [0, 0.1) is 11.8 Å². The van der Waals surface area contributed by atoms with Crippen molar-refractivity contribution in [2.24, 2.45) is 11.8 Å². The number of allylic oxidation sites excluding steroid dienone is 1. The zero-order valence-corrected chi connectivity index (χ0v) is 15.2. The molecule has 0 aromatic carbocycles. The largest absolute Gasteiger partial charge is 0.478 e. The van der Waals surface area contributed by atoms with Crippen LogP contribution in [-0.4, -0.2) is 36.4 Å². The van der Waals surface area contributed by atoms with Crippen molar-refractivity contribution in [2.45, 2.75) is 83.3 Å². The lowest BCUT2D eigenvalue weighted by atomic mass is 9.76. The monoisotopic (exact) mass is 337 g/mol. The van der Waals surface area contributed by atoms with Crippen LogP contribution in [0.4, 0.5) is 0 Å². The van der Waals surface area contributed by atoms with E-state index < -0.39 is 5.97 Å². The molecule has 4 unspecified atom stereocenters. The Morgan fingerprint density at radius 3 is 2.67 bits per heavy atom. The van der Waals surface area contributed by atoms with Gasteiger partial charge in [0.05, 0.1) is 12.2 Å². The Balaban J connectivity index is 1.63. The topological polar surface area (TPSA) is 58.6 Å². The SMILES string of the molecule is CCCCCCNCC1C2CCC(O2)C1CCCC/C=C/C(=O)O. The van der Waals surface area contributed by atoms with Crippen molar-refractivity contribution in [1.82, 2.24) is 5.32 Å². The number of unbranched alkanes of at least 4 members (excludes halogenated alkanes) is 5. The summed E-state index contributed by atoms with van der Waals surface area (Å²) in [4.78, 5) is 10.4. The van der Waals surface area contributed by atoms with Gasteiger partial charge in [0.25, 0.3) is 0 Å². The highest BCUT2D eigenvalue weighted by molar-refractivity contribution is 5.79. The number of hydrogen-bond donors (Lipinski definition) is 2. The summed E-state index contributed by atoms with van der Waals surface area (Å²) in [5, 5.41) is 12.3. The number of carboxylic acids is 1. The summed E-state index contributed by atoms with van der Waals surface area (Å²) in [6.45, 7) is 4.50. The molecule has 4 heteroatoms. The predicted octanol–water partition coefficient (Wildman–Crippen LogP) is 4.15. The van der Waals surface area contributed by atoms with Crippen LogP contribution >= 0.6 is 0 Å². The first kappa shape index (κ1) is 19.5. The van der Waals surface area contributed by atoms with Crippen molar-refractivity contribution in [1.29, 1.82) is 0 Å². The highest BCUT2D eigenvalue weighted by Crippen LogP contribution is 2.45. The Morgan fingerprint density at radius 2 is 1.92 bits per heavy atom. The van der Waals surface area contributed by atoms with E-state index in [1.807, 2.05) is 0 Å². The minimum atomic E-state index is -0.846. The Hall–Kier alpha value is -0.870. The van der Waals surface area contributed by atoms with Gasteiger partial charge in [-0.1, -0.05) is 38.7 Å². The molecule has 138 valence electrons. The molecule has 0 aliphatic carbocycles. The predicted molar refractivity (Wildman–Crippen MR) is 97.1 cm³/mol. The smallest absolute Gasteiger partial charge is 0.327 e. The minimum Gasteiger partial charge on any atom is -0.478 e. The van der Waals surface area contributed by atoms with Gasteiger partial charge in [-0.2, -0.15) is 0 Å². The van der Waals surface area contributed by atoms with Gasteiger partial charge >= 0.3 is 5.97 Å². The third-order valence-corrected chi connectivity index (χ3v) is 5.60. The molecule has 4 atom stereocenters. The molecule has 2 saturated heterocycles. The van der Waals surface area contributed by atoms with Gasteiger partial charge in [0.2, 0.25) is 0 Å². The second-order valence-electron chi connectivity index (χ2n) is 7.41. The van der Waals surface area contributed by atoms with Crippen LogP contribution in [0.5, 0.6) is 0 Å². The van der Waals surface area contributed by atoms with Gasteiger partial charge in [0, 0.05) is 18.5 Å². The van der Waals surface area contributed by atoms with Gasteiger partial charge < -0.3 is 15.2 Å². The fraction of sp³-hybridized carbons (Fsp3) is 0.850. The van der Waals surface area contributed by atoms with Crippen LogP contribution in [-0.2, 0) is 9.53 Å². The van der Waals surface area contributed by atoms with Crippen LogP contribution in [0.2, 0.25) is 0 Å². The highest BCUT2D eigenvalue weighted by Gasteiger charge is 2.47. The Kier molecular flexibility index (Phi) is 8.82. The van der Waals surface area contributed by atoms with E-state index in [2.05, 4.69) is 12.2 Å². The molecule has 2 aliphatic rings. The number of rotatable bonds is 13. The molecule has 2 fully saturated rings. The molecule has 0 radical (unpaired) electrons. The molecular weight excluding hydrogens is 302 g/mol. The fourth-order valence-corrected chi connectivity index (χ4v) is 4.33. The number of ether oxygens (including phenoxy) is 1. The molecular formula is C20H35NO3. The second-order valence-corrected chi connectivity index (χ2v) is 7.41. The number of hydrogen-bond acceptors (Lipinski definition) is 3. The standard InChI is InChI=1S/C20H35NO3/c1-2-3-4-9-14-21-15-17-16(18-12-13-19(17)24-18)10-7-5-6-8-11-20(22)23/h8,11,16-19,21H,2-7,9-10,12-15H2,1H3,(H,22,23)/b11-8+. The van der Waals surface area contributed by atoms with Crippen LogP contribution in [0.1, 0.15) is 71.1 Å². The average molecular weight is 338 g/mol. The molecule has 2 rings (SSSR count). The normalized spacial score (nSPS) is 28.9. The molecule has 2 bridgehead atoms. The van der Waals surface area contributed by atoms with E-state index >= 15 is 0 Å². The Labute approximate surface area is 147 Å². The molecule has 24 heavy (non-hydrogen) atoms. The summed E-state index contributed by atoms with van der Waals surface area (Å²) < 4.78 is 6.17. The maximum Gasteiger partial charge on any atom is 0.327 e. The molecule has 0 spiro atoms. The number of nitrogens with one attached hydrogen (secondary N) is 1. The maximum absolute atomic E-state index is 10.4. The first-order valence-corrected chi connectivity index (χ1v) is 9.98. The molecule has 2 aliphatic heterocycles. The molecule has 2 N–H and O–H groups in total. The molecule has 0 saturated carbocycles. The Bertz CT molecular complexity index is 396. The minimum absolute atomic E-state index is 0.482. The van der Waals surface area contributed by atoms with Gasteiger partial charge in [0.1, 0.15) is 0 Å². The maximum atomic E-state index is 10.4. The van der Waals surface area contributed by atoms with Gasteiger partial charge in [-0.25, -0.2) is 4.79 Å². The third kappa shape index (κ3) is 6.21. The van der Waals surface area contributed by atoms with E-state index in [4.69, 9.17) is 9.84 Å². The fourth-order valence-electron chi connectivity index (χ4n) is 4.33. The molecule has 2 heterocycles. The lowest BCUT2D eigenvalue weighted by Gasteiger charge is -2.28. The summed E-state index contributed by atoms with van der Waals surface area (Å²) in [6, 6.07) is 0. The highest BCUT2D eigenvalue weighted by atomic mass is 16.5. The van der Waals surface area contributed by atoms with E-state index in [-0.39, 0.29) is 0 Å². The van der Waals surface area contributed by atoms with Crippen molar-refractivity contribution in [2.75, 3.05) is 13.1 Å². The van der Waals surface area contributed by atoms with E-state index in [1.165, 1.54) is 57.4 Å². The molecule has 0 aromatic heterocycles. The van der Waals surface area contributed by atoms with Crippen molar-refractivity contribution in [3.8, 4) is 0 Å². The molecule has 0 aromatic rings. The van der Waals surface area contributed by atoms with E-state index in [0.29, 0.717) is 24.0 Å². The number of carbonyl (C=O) groups is 1. The first-order valence-electron chi connectivity index (χ1n) is 9.98. The van der Waals surface area contributed by atoms with Gasteiger partial charge in [-0.15, -0.1) is 0 Å². The summed E-state index contributed by atoms with van der Waals surface area (Å²) in [6.07, 6.45) is 16.1.